The number of methoxy groups -OCH3 is 1. The van der Waals surface area contributed by atoms with E-state index in [2.05, 4.69) is 34.3 Å². The van der Waals surface area contributed by atoms with Gasteiger partial charge in [-0.15, -0.1) is 0 Å². The molecule has 120 valence electrons. The van der Waals surface area contributed by atoms with E-state index in [-0.39, 0.29) is 5.71 Å². The van der Waals surface area contributed by atoms with E-state index >= 15 is 0 Å². The summed E-state index contributed by atoms with van der Waals surface area (Å²) in [5.41, 5.74) is 7.15. The molecule has 0 fully saturated rings. The summed E-state index contributed by atoms with van der Waals surface area (Å²) in [6, 6.07) is 13.9. The number of anilines is 1. The maximum atomic E-state index is 11.4. The van der Waals surface area contributed by atoms with Gasteiger partial charge in [0, 0.05) is 0 Å². The highest BCUT2D eigenvalue weighted by atomic mass is 35.5. The first-order chi connectivity index (χ1) is 11.1. The van der Waals surface area contributed by atoms with E-state index < -0.39 is 5.97 Å². The third-order valence-corrected chi connectivity index (χ3v) is 3.83. The molecule has 0 atom stereocenters. The number of ether oxygens (including phenoxy) is 1. The number of esters is 1. The highest BCUT2D eigenvalue weighted by Crippen LogP contribution is 2.31. The predicted octanol–water partition coefficient (Wildman–Crippen LogP) is 4.53. The number of nitrogens with one attached hydrogen (secondary N) is 1. The summed E-state index contributed by atoms with van der Waals surface area (Å²) in [6.45, 7) is 3.70. The number of hydrogen-bond acceptors (Lipinski definition) is 4. The summed E-state index contributed by atoms with van der Waals surface area (Å²) in [7, 11) is 1.32. The summed E-state index contributed by atoms with van der Waals surface area (Å²) >= 11 is 6.21. The molecule has 0 aliphatic carbocycles. The number of rotatable bonds is 5. The first-order valence-electron chi connectivity index (χ1n) is 7.33. The first kappa shape index (κ1) is 17.0. The monoisotopic (exact) mass is 330 g/mol. The highest BCUT2D eigenvalue weighted by Gasteiger charge is 2.08. The van der Waals surface area contributed by atoms with E-state index in [1.807, 2.05) is 30.3 Å². The van der Waals surface area contributed by atoms with Gasteiger partial charge in [-0.2, -0.15) is 5.10 Å². The zero-order valence-electron chi connectivity index (χ0n) is 13.4. The smallest absolute Gasteiger partial charge is 0.353 e. The Morgan fingerprint density at radius 2 is 2.00 bits per heavy atom. The maximum absolute atomic E-state index is 11.4. The van der Waals surface area contributed by atoms with Crippen molar-refractivity contribution < 1.29 is 9.53 Å². The Labute approximate surface area is 141 Å². The Morgan fingerprint density at radius 3 is 2.70 bits per heavy atom. The van der Waals surface area contributed by atoms with Crippen LogP contribution in [0.3, 0.4) is 0 Å². The number of hydrazone groups is 1. The molecule has 2 rings (SSSR count). The molecule has 0 bridgehead atoms. The lowest BCUT2D eigenvalue weighted by Crippen LogP contribution is -2.13. The van der Waals surface area contributed by atoms with Crippen LogP contribution in [0, 0.1) is 0 Å². The molecule has 2 aromatic rings. The largest absolute Gasteiger partial charge is 0.464 e. The van der Waals surface area contributed by atoms with Crippen LogP contribution in [-0.4, -0.2) is 18.8 Å². The average Bonchev–Trinajstić information content (AvgIpc) is 2.59. The second-order valence-electron chi connectivity index (χ2n) is 5.01. The zero-order valence-corrected chi connectivity index (χ0v) is 14.1. The van der Waals surface area contributed by atoms with Crippen molar-refractivity contribution >= 4 is 29.0 Å². The predicted molar refractivity (Wildman–Crippen MR) is 95.0 cm³/mol. The molecule has 0 aromatic heterocycles. The van der Waals surface area contributed by atoms with Crippen LogP contribution in [0.25, 0.3) is 11.1 Å². The number of halogens is 1. The molecule has 0 aliphatic rings. The fourth-order valence-electron chi connectivity index (χ4n) is 2.23. The topological polar surface area (TPSA) is 50.7 Å². The van der Waals surface area contributed by atoms with Gasteiger partial charge in [-0.25, -0.2) is 4.79 Å². The van der Waals surface area contributed by atoms with E-state index in [1.165, 1.54) is 12.7 Å². The van der Waals surface area contributed by atoms with Crippen LogP contribution in [0.15, 0.2) is 47.6 Å². The molecule has 2 aromatic carbocycles. The highest BCUT2D eigenvalue weighted by molar-refractivity contribution is 6.36. The van der Waals surface area contributed by atoms with Crippen molar-refractivity contribution in [3.63, 3.8) is 0 Å². The summed E-state index contributed by atoms with van der Waals surface area (Å²) in [5.74, 6) is -0.485. The maximum Gasteiger partial charge on any atom is 0.353 e. The number of carbonyl (C=O) groups excluding carboxylic acids is 1. The number of carbonyl (C=O) groups is 1. The second-order valence-corrected chi connectivity index (χ2v) is 5.41. The third-order valence-electron chi connectivity index (χ3n) is 3.50. The van der Waals surface area contributed by atoms with E-state index in [9.17, 15) is 4.79 Å². The molecule has 0 spiro atoms. The van der Waals surface area contributed by atoms with E-state index in [4.69, 9.17) is 11.6 Å². The Morgan fingerprint density at radius 1 is 1.26 bits per heavy atom. The molecule has 4 nitrogen and oxygen atoms in total. The molecule has 23 heavy (non-hydrogen) atoms. The van der Waals surface area contributed by atoms with Crippen molar-refractivity contribution in [2.75, 3.05) is 12.5 Å². The van der Waals surface area contributed by atoms with Gasteiger partial charge in [0.1, 0.15) is 5.71 Å². The van der Waals surface area contributed by atoms with Gasteiger partial charge in [0.2, 0.25) is 0 Å². The van der Waals surface area contributed by atoms with E-state index in [1.54, 1.807) is 6.92 Å². The number of benzene rings is 2. The van der Waals surface area contributed by atoms with Crippen LogP contribution in [0.1, 0.15) is 19.4 Å². The van der Waals surface area contributed by atoms with Crippen LogP contribution in [-0.2, 0) is 16.0 Å². The molecule has 0 heterocycles. The van der Waals surface area contributed by atoms with Crippen molar-refractivity contribution in [3.05, 3.63) is 53.1 Å². The summed E-state index contributed by atoms with van der Waals surface area (Å²) in [4.78, 5) is 11.4. The molecule has 0 saturated heterocycles. The van der Waals surface area contributed by atoms with Gasteiger partial charge >= 0.3 is 5.97 Å². The number of nitrogens with zero attached hydrogens (tertiary/aromatic N) is 1. The van der Waals surface area contributed by atoms with Gasteiger partial charge in [0.15, 0.2) is 0 Å². The molecule has 5 heteroatoms. The second kappa shape index (κ2) is 7.79. The van der Waals surface area contributed by atoms with Crippen molar-refractivity contribution in [1.82, 2.24) is 0 Å². The number of hydrogen-bond donors (Lipinski definition) is 1. The van der Waals surface area contributed by atoms with Gasteiger partial charge in [0.25, 0.3) is 0 Å². The summed E-state index contributed by atoms with van der Waals surface area (Å²) in [6.07, 6.45) is 0.946. The van der Waals surface area contributed by atoms with Gasteiger partial charge < -0.3 is 4.74 Å². The zero-order chi connectivity index (χ0) is 16.8. The van der Waals surface area contributed by atoms with Gasteiger partial charge in [0.05, 0.1) is 17.8 Å². The molecule has 0 aliphatic heterocycles. The minimum Gasteiger partial charge on any atom is -0.464 e. The molecular weight excluding hydrogens is 312 g/mol. The van der Waals surface area contributed by atoms with Crippen molar-refractivity contribution in [2.45, 2.75) is 20.3 Å². The van der Waals surface area contributed by atoms with Gasteiger partial charge in [-0.3, -0.25) is 5.43 Å². The van der Waals surface area contributed by atoms with E-state index in [0.29, 0.717) is 10.7 Å². The molecule has 0 amide bonds. The summed E-state index contributed by atoms with van der Waals surface area (Å²) < 4.78 is 4.61. The van der Waals surface area contributed by atoms with Crippen molar-refractivity contribution in [1.29, 1.82) is 0 Å². The Bertz CT molecular complexity index is 742. The van der Waals surface area contributed by atoms with Gasteiger partial charge in [-0.1, -0.05) is 48.9 Å². The van der Waals surface area contributed by atoms with Crippen LogP contribution in [0.2, 0.25) is 5.02 Å². The van der Waals surface area contributed by atoms with E-state index in [0.717, 1.165) is 17.5 Å². The molecule has 0 radical (unpaired) electrons. The van der Waals surface area contributed by atoms with Crippen molar-refractivity contribution in [2.24, 2.45) is 5.10 Å². The lowest BCUT2D eigenvalue weighted by Gasteiger charge is -2.11. The SMILES string of the molecule is CCc1ccccc1-c1ccc(Cl)c(N/N=C(/C)C(=O)OC)c1. The Balaban J connectivity index is 2.34. The quantitative estimate of drug-likeness (QED) is 0.498. The molecule has 0 saturated carbocycles. The van der Waals surface area contributed by atoms with Gasteiger partial charge in [-0.05, 0) is 42.2 Å². The third kappa shape index (κ3) is 4.11. The van der Waals surface area contributed by atoms with Crippen LogP contribution >= 0.6 is 11.6 Å². The first-order valence-corrected chi connectivity index (χ1v) is 7.71. The fraction of sp³-hybridized carbons (Fsp3) is 0.222. The minimum absolute atomic E-state index is 0.225. The molecule has 1 N–H and O–H groups in total. The van der Waals surface area contributed by atoms with Crippen LogP contribution < -0.4 is 5.43 Å². The Hall–Kier alpha value is -2.33. The minimum atomic E-state index is -0.485. The molecular formula is C18H19ClN2O2. The van der Waals surface area contributed by atoms with Crippen LogP contribution in [0.5, 0.6) is 0 Å². The lowest BCUT2D eigenvalue weighted by molar-refractivity contribution is -0.132. The fourth-order valence-corrected chi connectivity index (χ4v) is 2.39. The standard InChI is InChI=1S/C18H19ClN2O2/c1-4-13-7-5-6-8-15(13)14-9-10-16(19)17(11-14)21-20-12(2)18(22)23-3/h5-11,21H,4H2,1-3H3/b20-12-. The Kier molecular flexibility index (Phi) is 5.77. The summed E-state index contributed by atoms with van der Waals surface area (Å²) in [5, 5.41) is 4.54. The van der Waals surface area contributed by atoms with Crippen molar-refractivity contribution in [3.8, 4) is 11.1 Å². The lowest BCUT2D eigenvalue weighted by atomic mass is 9.98. The average molecular weight is 331 g/mol. The number of aryl methyl sites for hydroxylation is 1. The normalized spacial score (nSPS) is 11.2. The molecule has 0 unspecified atom stereocenters. The van der Waals surface area contributed by atoms with Crippen LogP contribution in [0.4, 0.5) is 5.69 Å².